The molecule has 0 N–H and O–H groups in total. The van der Waals surface area contributed by atoms with Crippen molar-refractivity contribution in [3.8, 4) is 0 Å². The lowest BCUT2D eigenvalue weighted by molar-refractivity contribution is -0.937. The number of likely N-dealkylation sites (N-methyl/N-ethyl adjacent to an activating group) is 1. The lowest BCUT2D eigenvalue weighted by atomic mass is 9.85. The fourth-order valence-corrected chi connectivity index (χ4v) is 5.92. The summed E-state index contributed by atoms with van der Waals surface area (Å²) in [4.78, 5) is 15.7. The number of carbonyl (C=O) groups excluding carboxylic acids is 1. The Bertz CT molecular complexity index is 1150. The molecule has 0 spiro atoms. The molecule has 1 amide bonds. The van der Waals surface area contributed by atoms with E-state index in [9.17, 15) is 4.79 Å². The molecular formula is C33H37N2O+. The Morgan fingerprint density at radius 1 is 0.778 bits per heavy atom. The van der Waals surface area contributed by atoms with Crippen LogP contribution in [0.2, 0.25) is 0 Å². The second-order valence-corrected chi connectivity index (χ2v) is 10.4. The second-order valence-electron chi connectivity index (χ2n) is 10.4. The molecule has 1 unspecified atom stereocenters. The first-order valence-corrected chi connectivity index (χ1v) is 13.3. The smallest absolute Gasteiger partial charge is 0.223 e. The molecule has 5 rings (SSSR count). The third-order valence-electron chi connectivity index (χ3n) is 7.97. The Balaban J connectivity index is 1.32. The zero-order valence-corrected chi connectivity index (χ0v) is 21.3. The van der Waals surface area contributed by atoms with Crippen LogP contribution in [0.25, 0.3) is 0 Å². The number of amides is 1. The minimum atomic E-state index is 0.124. The summed E-state index contributed by atoms with van der Waals surface area (Å²) in [5.41, 5.74) is 5.19. The molecule has 2 aliphatic rings. The van der Waals surface area contributed by atoms with Gasteiger partial charge in [0.05, 0.1) is 33.2 Å². The van der Waals surface area contributed by atoms with Gasteiger partial charge in [-0.1, -0.05) is 109 Å². The second kappa shape index (κ2) is 11.1. The van der Waals surface area contributed by atoms with Gasteiger partial charge >= 0.3 is 0 Å². The van der Waals surface area contributed by atoms with E-state index in [1.807, 2.05) is 6.07 Å². The number of piperazine rings is 1. The lowest BCUT2D eigenvalue weighted by Gasteiger charge is -2.47. The van der Waals surface area contributed by atoms with Gasteiger partial charge in [-0.25, -0.2) is 0 Å². The minimum absolute atomic E-state index is 0.124. The number of hydrogen-bond donors (Lipinski definition) is 0. The van der Waals surface area contributed by atoms with E-state index in [4.69, 9.17) is 0 Å². The maximum atomic E-state index is 13.6. The van der Waals surface area contributed by atoms with Gasteiger partial charge in [0.15, 0.2) is 0 Å². The van der Waals surface area contributed by atoms with E-state index in [0.717, 1.165) is 43.5 Å². The van der Waals surface area contributed by atoms with Crippen molar-refractivity contribution in [3.63, 3.8) is 0 Å². The number of nitrogens with zero attached hydrogens (tertiary/aromatic N) is 2. The van der Waals surface area contributed by atoms with Crippen LogP contribution >= 0.6 is 0 Å². The standard InChI is InChI=1S/C33H37N2O/c1-35(33(29-18-10-4-11-19-29)30-20-12-5-13-21-30)24-22-34(23-25-35)32(36)26-31(27-14-6-2-7-15-27)28-16-8-3-9-17-28/h2,4-8,10-21,31,33H,3,9,22-26H2,1H3/q+1. The topological polar surface area (TPSA) is 20.3 Å². The summed E-state index contributed by atoms with van der Waals surface area (Å²) in [6.45, 7) is 3.47. The number of allylic oxidation sites excluding steroid dienone is 4. The van der Waals surface area contributed by atoms with Crippen LogP contribution in [0.1, 0.15) is 47.9 Å². The SMILES string of the molecule is C[N+]1(C(c2ccccc2)c2ccccc2)CCN(C(=O)CC(C2=CCCC=C2)c2ccccc2)CC1. The molecule has 0 bridgehead atoms. The van der Waals surface area contributed by atoms with Gasteiger partial charge in [-0.3, -0.25) is 4.79 Å². The molecule has 0 radical (unpaired) electrons. The minimum Gasteiger partial charge on any atom is -0.331 e. The van der Waals surface area contributed by atoms with Crippen LogP contribution in [0, 0.1) is 0 Å². The summed E-state index contributed by atoms with van der Waals surface area (Å²) in [7, 11) is 2.36. The van der Waals surface area contributed by atoms with E-state index < -0.39 is 0 Å². The van der Waals surface area contributed by atoms with Gasteiger partial charge in [0.2, 0.25) is 5.91 Å². The van der Waals surface area contributed by atoms with Crippen LogP contribution in [0.5, 0.6) is 0 Å². The molecule has 1 saturated heterocycles. The third kappa shape index (κ3) is 5.37. The van der Waals surface area contributed by atoms with Gasteiger partial charge in [-0.05, 0) is 24.0 Å². The van der Waals surface area contributed by atoms with Crippen molar-refractivity contribution >= 4 is 5.91 Å². The average Bonchev–Trinajstić information content (AvgIpc) is 2.94. The van der Waals surface area contributed by atoms with E-state index in [1.165, 1.54) is 22.3 Å². The molecule has 36 heavy (non-hydrogen) atoms. The van der Waals surface area contributed by atoms with Crippen molar-refractivity contribution in [1.82, 2.24) is 4.90 Å². The molecule has 1 fully saturated rings. The van der Waals surface area contributed by atoms with Crippen molar-refractivity contribution < 1.29 is 9.28 Å². The molecule has 0 saturated carbocycles. The fraction of sp³-hybridized carbons (Fsp3) is 0.303. The van der Waals surface area contributed by atoms with Crippen LogP contribution in [0.15, 0.2) is 115 Å². The van der Waals surface area contributed by atoms with E-state index >= 15 is 0 Å². The molecule has 0 aromatic heterocycles. The van der Waals surface area contributed by atoms with E-state index in [-0.39, 0.29) is 17.9 Å². The molecule has 3 nitrogen and oxygen atoms in total. The highest BCUT2D eigenvalue weighted by Crippen LogP contribution is 2.36. The summed E-state index contributed by atoms with van der Waals surface area (Å²) in [6.07, 6.45) is 9.47. The molecule has 3 heteroatoms. The summed E-state index contributed by atoms with van der Waals surface area (Å²) in [6, 6.07) is 32.5. The Morgan fingerprint density at radius 2 is 1.31 bits per heavy atom. The number of benzene rings is 3. The van der Waals surface area contributed by atoms with Gasteiger partial charge in [0.25, 0.3) is 0 Å². The fourth-order valence-electron chi connectivity index (χ4n) is 5.92. The van der Waals surface area contributed by atoms with Crippen molar-refractivity contribution in [1.29, 1.82) is 0 Å². The molecule has 1 aliphatic carbocycles. The van der Waals surface area contributed by atoms with E-state index in [1.54, 1.807) is 0 Å². The quantitative estimate of drug-likeness (QED) is 0.355. The third-order valence-corrected chi connectivity index (χ3v) is 7.97. The molecule has 1 aliphatic heterocycles. The summed E-state index contributed by atoms with van der Waals surface area (Å²) >= 11 is 0. The Morgan fingerprint density at radius 3 is 1.81 bits per heavy atom. The monoisotopic (exact) mass is 477 g/mol. The Labute approximate surface area is 216 Å². The first-order chi connectivity index (χ1) is 17.6. The summed E-state index contributed by atoms with van der Waals surface area (Å²) in [5.74, 6) is 0.394. The molecule has 3 aromatic carbocycles. The van der Waals surface area contributed by atoms with Crippen molar-refractivity contribution in [3.05, 3.63) is 131 Å². The predicted octanol–water partition coefficient (Wildman–Crippen LogP) is 6.52. The van der Waals surface area contributed by atoms with Crippen LogP contribution in [0.4, 0.5) is 0 Å². The molecule has 184 valence electrons. The Kier molecular flexibility index (Phi) is 7.48. The number of hydrogen-bond acceptors (Lipinski definition) is 1. The van der Waals surface area contributed by atoms with Gasteiger partial charge in [-0.2, -0.15) is 0 Å². The number of rotatable bonds is 7. The average molecular weight is 478 g/mol. The highest BCUT2D eigenvalue weighted by Gasteiger charge is 2.39. The normalized spacial score (nSPS) is 18.1. The van der Waals surface area contributed by atoms with Gasteiger partial charge in [-0.15, -0.1) is 0 Å². The molecule has 3 aromatic rings. The number of carbonyl (C=O) groups is 1. The molecule has 1 heterocycles. The first-order valence-electron chi connectivity index (χ1n) is 13.3. The molecule has 1 atom stereocenters. The van der Waals surface area contributed by atoms with Crippen molar-refractivity contribution in [2.45, 2.75) is 31.2 Å². The van der Waals surface area contributed by atoms with Crippen LogP contribution < -0.4 is 0 Å². The van der Waals surface area contributed by atoms with E-state index in [2.05, 4.69) is 115 Å². The van der Waals surface area contributed by atoms with Crippen LogP contribution in [0.3, 0.4) is 0 Å². The van der Waals surface area contributed by atoms with Crippen LogP contribution in [-0.4, -0.2) is 48.5 Å². The highest BCUT2D eigenvalue weighted by molar-refractivity contribution is 5.78. The zero-order valence-electron chi connectivity index (χ0n) is 21.3. The highest BCUT2D eigenvalue weighted by atomic mass is 16.2. The maximum absolute atomic E-state index is 13.6. The maximum Gasteiger partial charge on any atom is 0.223 e. The predicted molar refractivity (Wildman–Crippen MR) is 147 cm³/mol. The zero-order chi connectivity index (χ0) is 24.8. The van der Waals surface area contributed by atoms with Crippen molar-refractivity contribution in [2.24, 2.45) is 0 Å². The van der Waals surface area contributed by atoms with E-state index in [0.29, 0.717) is 6.42 Å². The number of quaternary nitrogens is 1. The van der Waals surface area contributed by atoms with Crippen LogP contribution in [-0.2, 0) is 4.79 Å². The van der Waals surface area contributed by atoms with Gasteiger partial charge in [0, 0.05) is 23.5 Å². The summed E-state index contributed by atoms with van der Waals surface area (Å²) in [5, 5.41) is 0. The van der Waals surface area contributed by atoms with Crippen molar-refractivity contribution in [2.75, 3.05) is 33.2 Å². The molecular weight excluding hydrogens is 440 g/mol. The summed E-state index contributed by atoms with van der Waals surface area (Å²) < 4.78 is 0.911. The lowest BCUT2D eigenvalue weighted by Crippen LogP contribution is -2.59. The Hall–Kier alpha value is -3.43. The first kappa shape index (κ1) is 24.3. The van der Waals surface area contributed by atoms with Gasteiger partial charge < -0.3 is 9.38 Å². The largest absolute Gasteiger partial charge is 0.331 e. The van der Waals surface area contributed by atoms with Gasteiger partial charge in [0.1, 0.15) is 6.04 Å².